The molecule has 0 aliphatic rings. The smallest absolute Gasteiger partial charge is 0.264 e. The Balaban J connectivity index is 1.64. The number of ether oxygens (including phenoxy) is 1. The number of anilines is 1. The molecule has 0 bridgehead atoms. The monoisotopic (exact) mass is 552 g/mol. The SMILES string of the molecule is COc1ccc(S(=O)(=O)N(CC(=O)NCCSCc2ccc(Cl)c(Cl)c2)c2ccc(C)cc2)cc1. The van der Waals surface area contributed by atoms with Crippen molar-refractivity contribution in [2.75, 3.05) is 30.3 Å². The van der Waals surface area contributed by atoms with E-state index in [9.17, 15) is 13.2 Å². The summed E-state index contributed by atoms with van der Waals surface area (Å²) >= 11 is 13.6. The first-order chi connectivity index (χ1) is 16.7. The third-order valence-electron chi connectivity index (χ3n) is 5.08. The summed E-state index contributed by atoms with van der Waals surface area (Å²) in [5, 5.41) is 3.83. The van der Waals surface area contributed by atoms with E-state index in [1.54, 1.807) is 42.1 Å². The van der Waals surface area contributed by atoms with E-state index < -0.39 is 15.9 Å². The molecule has 0 radical (unpaired) electrons. The van der Waals surface area contributed by atoms with Crippen molar-refractivity contribution in [1.29, 1.82) is 0 Å². The molecule has 3 aromatic rings. The van der Waals surface area contributed by atoms with Crippen LogP contribution in [-0.2, 0) is 20.6 Å². The molecule has 0 atom stereocenters. The zero-order valence-corrected chi connectivity index (χ0v) is 22.5. The summed E-state index contributed by atoms with van der Waals surface area (Å²) in [5.74, 6) is 1.52. The first-order valence-electron chi connectivity index (χ1n) is 10.7. The molecule has 35 heavy (non-hydrogen) atoms. The molecule has 186 valence electrons. The summed E-state index contributed by atoms with van der Waals surface area (Å²) in [5.41, 5.74) is 2.43. The average Bonchev–Trinajstić information content (AvgIpc) is 2.85. The van der Waals surface area contributed by atoms with Gasteiger partial charge in [-0.25, -0.2) is 8.42 Å². The summed E-state index contributed by atoms with van der Waals surface area (Å²) in [6, 6.07) is 18.6. The van der Waals surface area contributed by atoms with Crippen LogP contribution in [0, 0.1) is 6.92 Å². The predicted molar refractivity (Wildman–Crippen MR) is 144 cm³/mol. The molecule has 6 nitrogen and oxygen atoms in total. The molecule has 10 heteroatoms. The number of amides is 1. The Hall–Kier alpha value is -2.39. The molecule has 1 N–H and O–H groups in total. The van der Waals surface area contributed by atoms with Crippen molar-refractivity contribution in [3.05, 3.63) is 87.9 Å². The maximum Gasteiger partial charge on any atom is 0.264 e. The van der Waals surface area contributed by atoms with Crippen molar-refractivity contribution in [2.45, 2.75) is 17.6 Å². The fourth-order valence-corrected chi connectivity index (χ4v) is 5.72. The van der Waals surface area contributed by atoms with Crippen molar-refractivity contribution in [1.82, 2.24) is 5.32 Å². The van der Waals surface area contributed by atoms with Crippen LogP contribution in [0.1, 0.15) is 11.1 Å². The Morgan fingerprint density at radius 3 is 2.31 bits per heavy atom. The van der Waals surface area contributed by atoms with Gasteiger partial charge in [0, 0.05) is 18.1 Å². The number of carbonyl (C=O) groups is 1. The molecular weight excluding hydrogens is 527 g/mol. The quantitative estimate of drug-likeness (QED) is 0.315. The van der Waals surface area contributed by atoms with Gasteiger partial charge in [-0.1, -0.05) is 47.0 Å². The van der Waals surface area contributed by atoms with Crippen LogP contribution in [0.3, 0.4) is 0 Å². The van der Waals surface area contributed by atoms with Crippen LogP contribution >= 0.6 is 35.0 Å². The molecule has 0 spiro atoms. The number of sulfonamides is 1. The number of rotatable bonds is 11. The third-order valence-corrected chi connectivity index (χ3v) is 8.64. The fraction of sp³-hybridized carbons (Fsp3) is 0.240. The summed E-state index contributed by atoms with van der Waals surface area (Å²) in [4.78, 5) is 12.8. The van der Waals surface area contributed by atoms with Crippen LogP contribution in [0.4, 0.5) is 5.69 Å². The number of nitrogens with one attached hydrogen (secondary N) is 1. The number of benzene rings is 3. The largest absolute Gasteiger partial charge is 0.497 e. The minimum atomic E-state index is -3.98. The Kier molecular flexibility index (Phi) is 9.74. The number of aryl methyl sites for hydroxylation is 1. The molecular formula is C25H26Cl2N2O4S2. The van der Waals surface area contributed by atoms with Gasteiger partial charge in [-0.15, -0.1) is 0 Å². The zero-order chi connectivity index (χ0) is 25.4. The van der Waals surface area contributed by atoms with Crippen molar-refractivity contribution in [3.63, 3.8) is 0 Å². The minimum absolute atomic E-state index is 0.0730. The molecule has 0 aromatic heterocycles. The molecule has 0 aliphatic heterocycles. The van der Waals surface area contributed by atoms with Gasteiger partial charge in [0.2, 0.25) is 5.91 Å². The number of hydrogen-bond acceptors (Lipinski definition) is 5. The van der Waals surface area contributed by atoms with Gasteiger partial charge < -0.3 is 10.1 Å². The van der Waals surface area contributed by atoms with Gasteiger partial charge in [-0.05, 0) is 61.0 Å². The molecule has 0 saturated carbocycles. The van der Waals surface area contributed by atoms with E-state index in [1.165, 1.54) is 19.2 Å². The second-order valence-corrected chi connectivity index (χ2v) is 11.5. The van der Waals surface area contributed by atoms with Crippen LogP contribution < -0.4 is 14.4 Å². The van der Waals surface area contributed by atoms with Crippen LogP contribution in [0.25, 0.3) is 0 Å². The molecule has 3 rings (SSSR count). The molecule has 0 aliphatic carbocycles. The maximum atomic E-state index is 13.4. The lowest BCUT2D eigenvalue weighted by Gasteiger charge is -2.24. The number of nitrogens with zero attached hydrogens (tertiary/aromatic N) is 1. The van der Waals surface area contributed by atoms with Gasteiger partial charge in [0.05, 0.1) is 27.7 Å². The Morgan fingerprint density at radius 2 is 1.69 bits per heavy atom. The van der Waals surface area contributed by atoms with Crippen LogP contribution in [0.15, 0.2) is 71.6 Å². The van der Waals surface area contributed by atoms with Crippen LogP contribution in [-0.4, -0.2) is 40.3 Å². The van der Waals surface area contributed by atoms with E-state index >= 15 is 0 Å². The van der Waals surface area contributed by atoms with Gasteiger partial charge in [-0.2, -0.15) is 11.8 Å². The van der Waals surface area contributed by atoms with Gasteiger partial charge in [-0.3, -0.25) is 9.10 Å². The number of methoxy groups -OCH3 is 1. The van der Waals surface area contributed by atoms with E-state index in [0.717, 1.165) is 15.4 Å². The van der Waals surface area contributed by atoms with Crippen molar-refractivity contribution < 1.29 is 17.9 Å². The summed E-state index contributed by atoms with van der Waals surface area (Å²) < 4.78 is 33.1. The first-order valence-corrected chi connectivity index (χ1v) is 14.1. The Morgan fingerprint density at radius 1 is 1.00 bits per heavy atom. The van der Waals surface area contributed by atoms with Gasteiger partial charge in [0.1, 0.15) is 12.3 Å². The minimum Gasteiger partial charge on any atom is -0.497 e. The average molecular weight is 554 g/mol. The second-order valence-electron chi connectivity index (χ2n) is 7.67. The Bertz CT molecular complexity index is 1250. The molecule has 0 unspecified atom stereocenters. The predicted octanol–water partition coefficient (Wildman–Crippen LogP) is 5.56. The van der Waals surface area contributed by atoms with Crippen molar-refractivity contribution >= 4 is 56.6 Å². The molecule has 3 aromatic carbocycles. The van der Waals surface area contributed by atoms with E-state index in [0.29, 0.717) is 39.5 Å². The highest BCUT2D eigenvalue weighted by atomic mass is 35.5. The third kappa shape index (κ3) is 7.54. The summed E-state index contributed by atoms with van der Waals surface area (Å²) in [7, 11) is -2.47. The van der Waals surface area contributed by atoms with Crippen molar-refractivity contribution in [3.8, 4) is 5.75 Å². The molecule has 0 heterocycles. The highest BCUT2D eigenvalue weighted by molar-refractivity contribution is 7.98. The van der Waals surface area contributed by atoms with E-state index in [2.05, 4.69) is 5.32 Å². The lowest BCUT2D eigenvalue weighted by molar-refractivity contribution is -0.119. The molecule has 1 amide bonds. The zero-order valence-electron chi connectivity index (χ0n) is 19.3. The molecule has 0 saturated heterocycles. The first kappa shape index (κ1) is 27.2. The van der Waals surface area contributed by atoms with Crippen LogP contribution in [0.5, 0.6) is 5.75 Å². The number of thioether (sulfide) groups is 1. The fourth-order valence-electron chi connectivity index (χ4n) is 3.17. The topological polar surface area (TPSA) is 75.7 Å². The van der Waals surface area contributed by atoms with Crippen LogP contribution in [0.2, 0.25) is 10.0 Å². The highest BCUT2D eigenvalue weighted by Gasteiger charge is 2.27. The number of halogens is 2. The summed E-state index contributed by atoms with van der Waals surface area (Å²) in [6.45, 7) is 1.97. The van der Waals surface area contributed by atoms with E-state index in [1.807, 2.05) is 31.2 Å². The lowest BCUT2D eigenvalue weighted by atomic mass is 10.2. The van der Waals surface area contributed by atoms with Gasteiger partial charge in [0.15, 0.2) is 0 Å². The standard InChI is InChI=1S/C25H26Cl2N2O4S2/c1-18-3-6-20(7-4-18)29(35(31,32)22-10-8-21(33-2)9-11-22)16-25(30)28-13-14-34-17-19-5-12-23(26)24(27)15-19/h3-12,15H,13-14,16-17H2,1-2H3,(H,28,30). The van der Waals surface area contributed by atoms with Gasteiger partial charge in [0.25, 0.3) is 10.0 Å². The normalized spacial score (nSPS) is 11.2. The number of carbonyl (C=O) groups excluding carboxylic acids is 1. The highest BCUT2D eigenvalue weighted by Crippen LogP contribution is 2.26. The second kappa shape index (κ2) is 12.5. The molecule has 0 fully saturated rings. The Labute approximate surface area is 220 Å². The van der Waals surface area contributed by atoms with E-state index in [4.69, 9.17) is 27.9 Å². The van der Waals surface area contributed by atoms with Crippen molar-refractivity contribution in [2.24, 2.45) is 0 Å². The van der Waals surface area contributed by atoms with Gasteiger partial charge >= 0.3 is 0 Å². The van der Waals surface area contributed by atoms with E-state index in [-0.39, 0.29) is 11.4 Å². The lowest BCUT2D eigenvalue weighted by Crippen LogP contribution is -2.41. The summed E-state index contributed by atoms with van der Waals surface area (Å²) in [6.07, 6.45) is 0. The maximum absolute atomic E-state index is 13.4. The number of hydrogen-bond donors (Lipinski definition) is 1.